The number of hydrogen-bond acceptors (Lipinski definition) is 5. The summed E-state index contributed by atoms with van der Waals surface area (Å²) < 4.78 is 29.1. The van der Waals surface area contributed by atoms with Crippen LogP contribution in [-0.4, -0.2) is 24.1 Å². The van der Waals surface area contributed by atoms with Crippen molar-refractivity contribution in [2.75, 3.05) is 4.72 Å². The van der Waals surface area contributed by atoms with Crippen LogP contribution in [0.4, 0.5) is 5.69 Å². The molecular weight excluding hydrogens is 432 g/mol. The summed E-state index contributed by atoms with van der Waals surface area (Å²) >= 11 is 1.16. The highest BCUT2D eigenvalue weighted by molar-refractivity contribution is 7.94. The molecule has 0 saturated heterocycles. The first-order valence-corrected chi connectivity index (χ1v) is 11.9. The van der Waals surface area contributed by atoms with Crippen molar-refractivity contribution >= 4 is 33.0 Å². The molecule has 0 aliphatic carbocycles. The maximum atomic E-state index is 12.4. The maximum absolute atomic E-state index is 12.4. The molecule has 0 spiro atoms. The van der Waals surface area contributed by atoms with Gasteiger partial charge in [-0.15, -0.1) is 11.3 Å². The topological polar surface area (TPSA) is 93.1 Å². The van der Waals surface area contributed by atoms with Gasteiger partial charge in [0.05, 0.1) is 12.1 Å². The van der Waals surface area contributed by atoms with Crippen LogP contribution < -0.4 is 10.0 Å². The standard InChI is InChI=1S/C22H20N4O3S2/c27-21(23-16-18-5-1-2-6-20(18)26-13-4-12-24-26)15-17-8-10-19(11-9-17)25-31(28,29)22-7-3-14-30-22/h1-14,25H,15-16H2,(H,23,27). The zero-order valence-electron chi connectivity index (χ0n) is 16.4. The molecule has 7 nitrogen and oxygen atoms in total. The smallest absolute Gasteiger partial charge is 0.271 e. The molecule has 0 radical (unpaired) electrons. The van der Waals surface area contributed by atoms with Gasteiger partial charge in [-0.2, -0.15) is 5.10 Å². The van der Waals surface area contributed by atoms with Crippen LogP contribution in [0.3, 0.4) is 0 Å². The van der Waals surface area contributed by atoms with E-state index in [2.05, 4.69) is 15.1 Å². The molecule has 0 bridgehead atoms. The number of amides is 1. The first-order valence-electron chi connectivity index (χ1n) is 9.51. The van der Waals surface area contributed by atoms with Gasteiger partial charge in [0, 0.05) is 24.6 Å². The second kappa shape index (κ2) is 9.15. The van der Waals surface area contributed by atoms with Gasteiger partial charge in [0.1, 0.15) is 4.21 Å². The Balaban J connectivity index is 1.35. The quantitative estimate of drug-likeness (QED) is 0.427. The number of nitrogens with zero attached hydrogens (tertiary/aromatic N) is 2. The summed E-state index contributed by atoms with van der Waals surface area (Å²) in [6.07, 6.45) is 3.76. The van der Waals surface area contributed by atoms with Gasteiger partial charge in [0.2, 0.25) is 5.91 Å². The molecule has 4 rings (SSSR count). The fourth-order valence-electron chi connectivity index (χ4n) is 3.05. The van der Waals surface area contributed by atoms with E-state index in [1.165, 1.54) is 0 Å². The second-order valence-electron chi connectivity index (χ2n) is 6.77. The van der Waals surface area contributed by atoms with Crippen molar-refractivity contribution in [1.29, 1.82) is 0 Å². The molecule has 2 aromatic heterocycles. The summed E-state index contributed by atoms with van der Waals surface area (Å²) in [6.45, 7) is 0.383. The van der Waals surface area contributed by atoms with E-state index in [9.17, 15) is 13.2 Å². The number of sulfonamides is 1. The monoisotopic (exact) mass is 452 g/mol. The molecule has 4 aromatic rings. The van der Waals surface area contributed by atoms with E-state index < -0.39 is 10.0 Å². The van der Waals surface area contributed by atoms with Crippen molar-refractivity contribution in [2.45, 2.75) is 17.2 Å². The molecule has 0 fully saturated rings. The minimum absolute atomic E-state index is 0.123. The SMILES string of the molecule is O=C(Cc1ccc(NS(=O)(=O)c2cccs2)cc1)NCc1ccccc1-n1cccn1. The number of benzene rings is 2. The van der Waals surface area contributed by atoms with Crippen molar-refractivity contribution in [3.8, 4) is 5.69 Å². The van der Waals surface area contributed by atoms with Crippen LogP contribution in [-0.2, 0) is 27.8 Å². The Morgan fingerprint density at radius 3 is 2.52 bits per heavy atom. The summed E-state index contributed by atoms with van der Waals surface area (Å²) in [7, 11) is -3.59. The highest BCUT2D eigenvalue weighted by Crippen LogP contribution is 2.20. The lowest BCUT2D eigenvalue weighted by Crippen LogP contribution is -2.25. The van der Waals surface area contributed by atoms with Crippen molar-refractivity contribution in [3.63, 3.8) is 0 Å². The molecule has 2 heterocycles. The van der Waals surface area contributed by atoms with Gasteiger partial charge in [0.15, 0.2) is 0 Å². The molecule has 0 saturated carbocycles. The molecule has 9 heteroatoms. The molecule has 31 heavy (non-hydrogen) atoms. The minimum atomic E-state index is -3.59. The number of nitrogens with one attached hydrogen (secondary N) is 2. The van der Waals surface area contributed by atoms with E-state index >= 15 is 0 Å². The molecule has 0 unspecified atom stereocenters. The first kappa shape index (κ1) is 20.8. The number of para-hydroxylation sites is 1. The largest absolute Gasteiger partial charge is 0.352 e. The van der Waals surface area contributed by atoms with Crippen molar-refractivity contribution in [2.24, 2.45) is 0 Å². The van der Waals surface area contributed by atoms with Crippen LogP contribution in [0.25, 0.3) is 5.69 Å². The molecule has 2 aromatic carbocycles. The molecule has 0 atom stereocenters. The van der Waals surface area contributed by atoms with Crippen molar-refractivity contribution < 1.29 is 13.2 Å². The van der Waals surface area contributed by atoms with E-state index in [0.717, 1.165) is 28.2 Å². The van der Waals surface area contributed by atoms with Gasteiger partial charge in [-0.25, -0.2) is 13.1 Å². The Labute approximate surface area is 184 Å². The Hall–Kier alpha value is -3.43. The third-order valence-corrected chi connectivity index (χ3v) is 7.33. The van der Waals surface area contributed by atoms with Gasteiger partial charge in [-0.3, -0.25) is 9.52 Å². The van der Waals surface area contributed by atoms with Crippen LogP contribution >= 0.6 is 11.3 Å². The zero-order chi connectivity index (χ0) is 21.7. The summed E-state index contributed by atoms with van der Waals surface area (Å²) in [5, 5.41) is 8.89. The van der Waals surface area contributed by atoms with E-state index in [4.69, 9.17) is 0 Å². The number of hydrogen-bond donors (Lipinski definition) is 2. The summed E-state index contributed by atoms with van der Waals surface area (Å²) in [4.78, 5) is 12.4. The lowest BCUT2D eigenvalue weighted by molar-refractivity contribution is -0.120. The number of aromatic nitrogens is 2. The van der Waals surface area contributed by atoms with Crippen LogP contribution in [0.5, 0.6) is 0 Å². The Kier molecular flexibility index (Phi) is 6.15. The van der Waals surface area contributed by atoms with Crippen LogP contribution in [0.2, 0.25) is 0 Å². The van der Waals surface area contributed by atoms with Gasteiger partial charge in [-0.05, 0) is 46.8 Å². The van der Waals surface area contributed by atoms with Gasteiger partial charge in [0.25, 0.3) is 10.0 Å². The number of anilines is 1. The lowest BCUT2D eigenvalue weighted by Gasteiger charge is -2.11. The highest BCUT2D eigenvalue weighted by atomic mass is 32.2. The Bertz CT molecular complexity index is 1250. The minimum Gasteiger partial charge on any atom is -0.352 e. The predicted molar refractivity (Wildman–Crippen MR) is 121 cm³/mol. The molecule has 0 aliphatic rings. The summed E-state index contributed by atoms with van der Waals surface area (Å²) in [5.41, 5.74) is 3.11. The fraction of sp³-hybridized carbons (Fsp3) is 0.0909. The molecule has 2 N–H and O–H groups in total. The second-order valence-corrected chi connectivity index (χ2v) is 9.62. The van der Waals surface area contributed by atoms with Crippen LogP contribution in [0.15, 0.2) is 88.7 Å². The average molecular weight is 453 g/mol. The molecular formula is C22H20N4O3S2. The predicted octanol–water partition coefficient (Wildman–Crippen LogP) is 3.59. The van der Waals surface area contributed by atoms with Crippen molar-refractivity contribution in [1.82, 2.24) is 15.1 Å². The number of carbonyl (C=O) groups excluding carboxylic acids is 1. The van der Waals surface area contributed by atoms with Gasteiger partial charge in [-0.1, -0.05) is 36.4 Å². The Morgan fingerprint density at radius 1 is 1.00 bits per heavy atom. The number of rotatable bonds is 8. The molecule has 1 amide bonds. The zero-order valence-corrected chi connectivity index (χ0v) is 18.1. The molecule has 158 valence electrons. The van der Waals surface area contributed by atoms with E-state index in [1.807, 2.05) is 36.5 Å². The normalized spacial score (nSPS) is 11.2. The number of carbonyl (C=O) groups is 1. The highest BCUT2D eigenvalue weighted by Gasteiger charge is 2.15. The molecule has 0 aliphatic heterocycles. The Morgan fingerprint density at radius 2 is 1.81 bits per heavy atom. The fourth-order valence-corrected chi connectivity index (χ4v) is 5.10. The van der Waals surface area contributed by atoms with Crippen LogP contribution in [0.1, 0.15) is 11.1 Å². The van der Waals surface area contributed by atoms with E-state index in [1.54, 1.807) is 52.7 Å². The van der Waals surface area contributed by atoms with Gasteiger partial charge < -0.3 is 5.32 Å². The summed E-state index contributed by atoms with van der Waals surface area (Å²) in [5.74, 6) is -0.123. The van der Waals surface area contributed by atoms with E-state index in [0.29, 0.717) is 12.2 Å². The van der Waals surface area contributed by atoms with Crippen LogP contribution in [0, 0.1) is 0 Å². The first-order chi connectivity index (χ1) is 15.0. The number of thiophene rings is 1. The average Bonchev–Trinajstić information content (AvgIpc) is 3.48. The maximum Gasteiger partial charge on any atom is 0.271 e. The van der Waals surface area contributed by atoms with Gasteiger partial charge >= 0.3 is 0 Å². The third kappa shape index (κ3) is 5.19. The third-order valence-electron chi connectivity index (χ3n) is 4.55. The lowest BCUT2D eigenvalue weighted by atomic mass is 10.1. The summed E-state index contributed by atoms with van der Waals surface area (Å²) in [6, 6.07) is 19.6. The van der Waals surface area contributed by atoms with Crippen molar-refractivity contribution in [3.05, 3.63) is 95.6 Å². The van der Waals surface area contributed by atoms with E-state index in [-0.39, 0.29) is 16.5 Å².